The Labute approximate surface area is 215 Å². The largest absolute Gasteiger partial charge is 0.316 e. The molecule has 0 saturated carbocycles. The average molecular weight is 529 g/mol. The van der Waals surface area contributed by atoms with Gasteiger partial charge in [0, 0.05) is 22.0 Å². The lowest BCUT2D eigenvalue weighted by molar-refractivity contribution is -0.114. The molecule has 2 aliphatic rings. The maximum Gasteiger partial charge on any atom is 0.283 e. The van der Waals surface area contributed by atoms with E-state index in [4.69, 9.17) is 40.2 Å². The molecule has 0 aliphatic carbocycles. The van der Waals surface area contributed by atoms with Gasteiger partial charge in [-0.15, -0.1) is 0 Å². The fraction of sp³-hybridized carbons (Fsp3) is 0.0833. The third-order valence-corrected chi connectivity index (χ3v) is 7.29. The Morgan fingerprint density at radius 1 is 1.03 bits per heavy atom. The normalized spacial score (nSPS) is 16.7. The fourth-order valence-corrected chi connectivity index (χ4v) is 5.56. The minimum atomic E-state index is -0.492. The molecule has 0 bridgehead atoms. The van der Waals surface area contributed by atoms with E-state index in [9.17, 15) is 4.79 Å². The van der Waals surface area contributed by atoms with Crippen molar-refractivity contribution in [2.75, 3.05) is 0 Å². The molecule has 5 rings (SSSR count). The molecular weight excluding hydrogens is 513 g/mol. The number of rotatable bonds is 3. The highest BCUT2D eigenvalue weighted by atomic mass is 35.5. The molecule has 3 aromatic rings. The number of hydrogen-bond acceptors (Lipinski definition) is 4. The number of nitrogens with one attached hydrogen (secondary N) is 1. The average Bonchev–Trinajstić information content (AvgIpc) is 3.32. The van der Waals surface area contributed by atoms with Crippen LogP contribution < -0.4 is 0 Å². The monoisotopic (exact) mass is 527 g/mol. The highest BCUT2D eigenvalue weighted by Gasteiger charge is 2.36. The minimum Gasteiger partial charge on any atom is -0.316 e. The summed E-state index contributed by atoms with van der Waals surface area (Å²) in [5, 5.41) is 17.1. The maximum absolute atomic E-state index is 12.9. The zero-order valence-electron chi connectivity index (χ0n) is 17.9. The number of hydrazone groups is 1. The van der Waals surface area contributed by atoms with Crippen LogP contribution in [0.2, 0.25) is 15.1 Å². The number of hydrogen-bond donors (Lipinski definition) is 1. The number of nitrogens with zero attached hydrogens (tertiary/aromatic N) is 4. The third kappa shape index (κ3) is 3.88. The fourth-order valence-electron chi connectivity index (χ4n) is 3.86. The van der Waals surface area contributed by atoms with Crippen molar-refractivity contribution < 1.29 is 4.79 Å². The number of aromatic nitrogens is 1. The van der Waals surface area contributed by atoms with Gasteiger partial charge in [-0.3, -0.25) is 10.2 Å². The van der Waals surface area contributed by atoms with Gasteiger partial charge in [0.15, 0.2) is 5.84 Å². The second-order valence-electron chi connectivity index (χ2n) is 7.66. The van der Waals surface area contributed by atoms with E-state index in [0.29, 0.717) is 25.3 Å². The van der Waals surface area contributed by atoms with Crippen molar-refractivity contribution in [1.82, 2.24) is 9.58 Å². The van der Waals surface area contributed by atoms with Crippen molar-refractivity contribution in [3.8, 4) is 5.69 Å². The molecule has 0 atom stereocenters. The van der Waals surface area contributed by atoms with Gasteiger partial charge in [-0.05, 0) is 67.6 Å². The van der Waals surface area contributed by atoms with Crippen molar-refractivity contribution in [3.63, 3.8) is 0 Å². The summed E-state index contributed by atoms with van der Waals surface area (Å²) in [6.45, 7) is 3.87. The minimum absolute atomic E-state index is 0.0427. The van der Waals surface area contributed by atoms with Gasteiger partial charge in [0.05, 0.1) is 21.3 Å². The predicted molar refractivity (Wildman–Crippen MR) is 141 cm³/mol. The first-order valence-electron chi connectivity index (χ1n) is 10.1. The number of benzene rings is 2. The van der Waals surface area contributed by atoms with Crippen LogP contribution in [-0.2, 0) is 4.79 Å². The van der Waals surface area contributed by atoms with Crippen LogP contribution in [-0.4, -0.2) is 31.5 Å². The highest BCUT2D eigenvalue weighted by Crippen LogP contribution is 2.34. The maximum atomic E-state index is 12.9. The molecule has 0 fully saturated rings. The number of amides is 1. The number of fused-ring (bicyclic) bond motifs is 1. The number of amidine groups is 2. The summed E-state index contributed by atoms with van der Waals surface area (Å²) in [5.41, 5.74) is 4.21. The molecule has 1 N–H and O–H groups in total. The van der Waals surface area contributed by atoms with Crippen LogP contribution in [0, 0.1) is 19.3 Å². The molecule has 0 spiro atoms. The molecule has 34 heavy (non-hydrogen) atoms. The molecule has 0 saturated heterocycles. The first-order valence-corrected chi connectivity index (χ1v) is 12.1. The van der Waals surface area contributed by atoms with Gasteiger partial charge in [0.1, 0.15) is 5.04 Å². The Bertz CT molecular complexity index is 1490. The van der Waals surface area contributed by atoms with Crippen molar-refractivity contribution >= 4 is 74.6 Å². The molecule has 0 unspecified atom stereocenters. The summed E-state index contributed by atoms with van der Waals surface area (Å²) in [6.07, 6.45) is 1.67. The second kappa shape index (κ2) is 8.74. The molecule has 170 valence electrons. The third-order valence-electron chi connectivity index (χ3n) is 5.48. The van der Waals surface area contributed by atoms with Crippen molar-refractivity contribution in [1.29, 1.82) is 5.41 Å². The van der Waals surface area contributed by atoms with E-state index < -0.39 is 5.91 Å². The van der Waals surface area contributed by atoms with Crippen molar-refractivity contribution in [3.05, 3.63) is 91.7 Å². The zero-order chi connectivity index (χ0) is 24.1. The molecule has 1 amide bonds. The van der Waals surface area contributed by atoms with Gasteiger partial charge in [-0.2, -0.15) is 15.1 Å². The SMILES string of the molecule is Cc1cc(/C=C2/C(=N)N3N=C(c4ccccc4Cl)SC3=NC2=O)c(C)n1-c1ccc(Cl)cc1Cl. The quantitative estimate of drug-likeness (QED) is 0.383. The Morgan fingerprint density at radius 2 is 1.79 bits per heavy atom. The Hall–Kier alpha value is -2.84. The van der Waals surface area contributed by atoms with Gasteiger partial charge >= 0.3 is 0 Å². The number of carbonyl (C=O) groups is 1. The summed E-state index contributed by atoms with van der Waals surface area (Å²) in [5.74, 6) is -0.535. The molecule has 10 heteroatoms. The first kappa shape index (κ1) is 22.9. The van der Waals surface area contributed by atoms with Gasteiger partial charge in [0.2, 0.25) is 5.17 Å². The van der Waals surface area contributed by atoms with Crippen molar-refractivity contribution in [2.45, 2.75) is 13.8 Å². The van der Waals surface area contributed by atoms with Crippen LogP contribution in [0.15, 0.2) is 64.2 Å². The molecule has 0 radical (unpaired) electrons. The summed E-state index contributed by atoms with van der Waals surface area (Å²) >= 11 is 20.0. The summed E-state index contributed by atoms with van der Waals surface area (Å²) in [6, 6.07) is 14.5. The van der Waals surface area contributed by atoms with Crippen LogP contribution in [0.1, 0.15) is 22.5 Å². The first-order chi connectivity index (χ1) is 16.2. The topological polar surface area (TPSA) is 73.8 Å². The lowest BCUT2D eigenvalue weighted by Crippen LogP contribution is -2.35. The van der Waals surface area contributed by atoms with Crippen LogP contribution >= 0.6 is 46.6 Å². The lowest BCUT2D eigenvalue weighted by atomic mass is 10.1. The number of aliphatic imine (C=N–C) groups is 1. The van der Waals surface area contributed by atoms with Crippen LogP contribution in [0.4, 0.5) is 0 Å². The van der Waals surface area contributed by atoms with Crippen LogP contribution in [0.5, 0.6) is 0 Å². The van der Waals surface area contributed by atoms with E-state index in [-0.39, 0.29) is 11.4 Å². The molecule has 2 aromatic carbocycles. The van der Waals surface area contributed by atoms with Gasteiger partial charge in [-0.25, -0.2) is 0 Å². The number of aryl methyl sites for hydroxylation is 1. The second-order valence-corrected chi connectivity index (χ2v) is 9.87. The van der Waals surface area contributed by atoms with Gasteiger partial charge < -0.3 is 4.57 Å². The van der Waals surface area contributed by atoms with Gasteiger partial charge in [0.25, 0.3) is 5.91 Å². The lowest BCUT2D eigenvalue weighted by Gasteiger charge is -2.20. The van der Waals surface area contributed by atoms with E-state index in [2.05, 4.69) is 10.1 Å². The summed E-state index contributed by atoms with van der Waals surface area (Å²) in [7, 11) is 0. The summed E-state index contributed by atoms with van der Waals surface area (Å²) < 4.78 is 1.98. The number of halogens is 3. The van der Waals surface area contributed by atoms with E-state index in [1.807, 2.05) is 48.7 Å². The zero-order valence-corrected chi connectivity index (χ0v) is 21.0. The molecule has 3 heterocycles. The number of thioether (sulfide) groups is 1. The Morgan fingerprint density at radius 3 is 2.53 bits per heavy atom. The summed E-state index contributed by atoms with van der Waals surface area (Å²) in [4.78, 5) is 17.0. The smallest absolute Gasteiger partial charge is 0.283 e. The van der Waals surface area contributed by atoms with E-state index in [1.54, 1.807) is 24.3 Å². The Balaban J connectivity index is 1.53. The molecular formula is C24H16Cl3N5OS. The van der Waals surface area contributed by atoms with Crippen LogP contribution in [0.25, 0.3) is 11.8 Å². The molecule has 6 nitrogen and oxygen atoms in total. The van der Waals surface area contributed by atoms with E-state index >= 15 is 0 Å². The van der Waals surface area contributed by atoms with E-state index in [1.165, 1.54) is 16.8 Å². The highest BCUT2D eigenvalue weighted by molar-refractivity contribution is 8.27. The molecule has 1 aromatic heterocycles. The van der Waals surface area contributed by atoms with Gasteiger partial charge in [-0.1, -0.05) is 53.0 Å². The number of carbonyl (C=O) groups excluding carboxylic acids is 1. The Kier molecular flexibility index (Phi) is 5.90. The molecule has 2 aliphatic heterocycles. The predicted octanol–water partition coefficient (Wildman–Crippen LogP) is 6.72. The standard InChI is InChI=1S/C24H16Cl3N5OS/c1-12-9-14(13(2)31(12)20-8-7-15(25)11-19(20)27)10-17-21(28)32-24(29-22(17)33)34-23(30-32)16-5-3-4-6-18(16)26/h3-11,28H,1-2H3/b17-10-,28-21?. The van der Waals surface area contributed by atoms with Crippen molar-refractivity contribution in [2.24, 2.45) is 10.1 Å². The van der Waals surface area contributed by atoms with E-state index in [0.717, 1.165) is 28.2 Å². The van der Waals surface area contributed by atoms with Crippen LogP contribution in [0.3, 0.4) is 0 Å².